The molecule has 3 amide bonds. The summed E-state index contributed by atoms with van der Waals surface area (Å²) in [5.41, 5.74) is 0.658. The lowest BCUT2D eigenvalue weighted by Gasteiger charge is -2.35. The normalized spacial score (nSPS) is 23.4. The van der Waals surface area contributed by atoms with E-state index in [0.717, 1.165) is 6.42 Å². The van der Waals surface area contributed by atoms with Crippen LogP contribution >= 0.6 is 0 Å². The number of methoxy groups -OCH3 is 1. The lowest BCUT2D eigenvalue weighted by molar-refractivity contribution is -0.134. The van der Waals surface area contributed by atoms with Crippen molar-refractivity contribution in [1.29, 1.82) is 0 Å². The highest BCUT2D eigenvalue weighted by Crippen LogP contribution is 2.39. The predicted octanol–water partition coefficient (Wildman–Crippen LogP) is 2.03. The molecule has 2 fully saturated rings. The van der Waals surface area contributed by atoms with Crippen LogP contribution < -0.4 is 10.1 Å². The molecule has 1 aliphatic carbocycles. The third-order valence-corrected chi connectivity index (χ3v) is 4.65. The van der Waals surface area contributed by atoms with Gasteiger partial charge in [0.05, 0.1) is 12.8 Å². The van der Waals surface area contributed by atoms with Crippen LogP contribution in [0, 0.1) is 11.8 Å². The monoisotopic (exact) mass is 317 g/mol. The maximum Gasteiger partial charge on any atom is 0.322 e. The van der Waals surface area contributed by atoms with Crippen molar-refractivity contribution in [2.24, 2.45) is 11.8 Å². The highest BCUT2D eigenvalue weighted by Gasteiger charge is 2.42. The predicted molar refractivity (Wildman–Crippen MR) is 87.4 cm³/mol. The van der Waals surface area contributed by atoms with Gasteiger partial charge in [0.15, 0.2) is 0 Å². The first kappa shape index (κ1) is 15.6. The van der Waals surface area contributed by atoms with Crippen LogP contribution in [0.4, 0.5) is 10.5 Å². The molecule has 3 rings (SSSR count). The van der Waals surface area contributed by atoms with Gasteiger partial charge in [-0.2, -0.15) is 0 Å². The first-order valence-electron chi connectivity index (χ1n) is 8.08. The number of amides is 3. The lowest BCUT2D eigenvalue weighted by atomic mass is 10.2. The Balaban J connectivity index is 1.53. The maximum atomic E-state index is 12.4. The number of carbonyl (C=O) groups excluding carboxylic acids is 2. The molecule has 0 bridgehead atoms. The molecule has 0 spiro atoms. The summed E-state index contributed by atoms with van der Waals surface area (Å²) in [7, 11) is 1.58. The van der Waals surface area contributed by atoms with Gasteiger partial charge in [-0.1, -0.05) is 19.1 Å². The standard InChI is InChI=1S/C17H23N3O3/c1-12-11-13(12)16(21)19-7-9-20(10-8-19)17(22)18-14-5-3-4-6-15(14)23-2/h3-6,12-13H,7-11H2,1-2H3,(H,18,22)/t12-,13-/m0/s1. The number of ether oxygens (including phenoxy) is 1. The summed E-state index contributed by atoms with van der Waals surface area (Å²) in [6.07, 6.45) is 1.01. The molecule has 6 heteroatoms. The largest absolute Gasteiger partial charge is 0.495 e. The minimum atomic E-state index is -0.151. The van der Waals surface area contributed by atoms with E-state index >= 15 is 0 Å². The van der Waals surface area contributed by atoms with E-state index in [0.29, 0.717) is 43.5 Å². The van der Waals surface area contributed by atoms with E-state index < -0.39 is 0 Å². The molecule has 2 atom stereocenters. The Morgan fingerprint density at radius 2 is 1.74 bits per heavy atom. The summed E-state index contributed by atoms with van der Waals surface area (Å²) in [6, 6.07) is 7.18. The van der Waals surface area contributed by atoms with Crippen molar-refractivity contribution < 1.29 is 14.3 Å². The number of benzene rings is 1. The molecule has 23 heavy (non-hydrogen) atoms. The molecule has 1 saturated heterocycles. The van der Waals surface area contributed by atoms with E-state index in [2.05, 4.69) is 12.2 Å². The van der Waals surface area contributed by atoms with Crippen molar-refractivity contribution in [2.45, 2.75) is 13.3 Å². The van der Waals surface area contributed by atoms with Gasteiger partial charge in [0.1, 0.15) is 5.75 Å². The van der Waals surface area contributed by atoms with Crippen LogP contribution in [-0.4, -0.2) is 55.0 Å². The Morgan fingerprint density at radius 1 is 1.13 bits per heavy atom. The highest BCUT2D eigenvalue weighted by molar-refractivity contribution is 5.91. The molecule has 1 saturated carbocycles. The molecular weight excluding hydrogens is 294 g/mol. The number of nitrogens with one attached hydrogen (secondary N) is 1. The average molecular weight is 317 g/mol. The third-order valence-electron chi connectivity index (χ3n) is 4.65. The number of anilines is 1. The summed E-state index contributed by atoms with van der Waals surface area (Å²) in [5, 5.41) is 2.88. The molecule has 1 aromatic carbocycles. The average Bonchev–Trinajstić information content (AvgIpc) is 3.31. The molecule has 0 aromatic heterocycles. The van der Waals surface area contributed by atoms with Gasteiger partial charge in [-0.3, -0.25) is 4.79 Å². The quantitative estimate of drug-likeness (QED) is 0.928. The molecule has 1 N–H and O–H groups in total. The first-order chi connectivity index (χ1) is 11.1. The molecule has 2 aliphatic rings. The van der Waals surface area contributed by atoms with Crippen LogP contribution in [0.5, 0.6) is 5.75 Å². The summed E-state index contributed by atoms with van der Waals surface area (Å²) in [4.78, 5) is 28.2. The number of hydrogen-bond acceptors (Lipinski definition) is 3. The van der Waals surface area contributed by atoms with Gasteiger partial charge in [0.25, 0.3) is 0 Å². The fourth-order valence-corrected chi connectivity index (χ4v) is 2.97. The zero-order chi connectivity index (χ0) is 16.4. The SMILES string of the molecule is COc1ccccc1NC(=O)N1CCN(C(=O)[C@H]2C[C@@H]2C)CC1. The van der Waals surface area contributed by atoms with Gasteiger partial charge in [-0.15, -0.1) is 0 Å². The van der Waals surface area contributed by atoms with E-state index in [1.165, 1.54) is 0 Å². The van der Waals surface area contributed by atoms with Gasteiger partial charge >= 0.3 is 6.03 Å². The van der Waals surface area contributed by atoms with Gasteiger partial charge in [0, 0.05) is 32.1 Å². The first-order valence-corrected chi connectivity index (χ1v) is 8.08. The minimum Gasteiger partial charge on any atom is -0.495 e. The van der Waals surface area contributed by atoms with E-state index in [1.54, 1.807) is 12.0 Å². The topological polar surface area (TPSA) is 61.9 Å². The number of nitrogens with zero attached hydrogens (tertiary/aromatic N) is 2. The smallest absolute Gasteiger partial charge is 0.322 e. The van der Waals surface area contributed by atoms with Crippen LogP contribution in [0.1, 0.15) is 13.3 Å². The highest BCUT2D eigenvalue weighted by atomic mass is 16.5. The van der Waals surface area contributed by atoms with Crippen LogP contribution in [0.15, 0.2) is 24.3 Å². The zero-order valence-electron chi connectivity index (χ0n) is 13.6. The van der Waals surface area contributed by atoms with Crippen molar-refractivity contribution in [3.05, 3.63) is 24.3 Å². The van der Waals surface area contributed by atoms with Crippen molar-refractivity contribution in [3.8, 4) is 5.75 Å². The van der Waals surface area contributed by atoms with Gasteiger partial charge in [0.2, 0.25) is 5.91 Å². The second-order valence-electron chi connectivity index (χ2n) is 6.26. The van der Waals surface area contributed by atoms with E-state index in [1.807, 2.05) is 29.2 Å². The van der Waals surface area contributed by atoms with Crippen LogP contribution in [0.2, 0.25) is 0 Å². The van der Waals surface area contributed by atoms with E-state index in [4.69, 9.17) is 4.74 Å². The molecular formula is C17H23N3O3. The summed E-state index contributed by atoms with van der Waals surface area (Å²) in [5.74, 6) is 1.62. The van der Waals surface area contributed by atoms with Crippen molar-refractivity contribution >= 4 is 17.6 Å². The maximum absolute atomic E-state index is 12.4. The van der Waals surface area contributed by atoms with Gasteiger partial charge in [-0.25, -0.2) is 4.79 Å². The molecule has 0 radical (unpaired) electrons. The fourth-order valence-electron chi connectivity index (χ4n) is 2.97. The van der Waals surface area contributed by atoms with Crippen LogP contribution in [0.3, 0.4) is 0 Å². The van der Waals surface area contributed by atoms with E-state index in [-0.39, 0.29) is 17.9 Å². The lowest BCUT2D eigenvalue weighted by Crippen LogP contribution is -2.52. The Labute approximate surface area is 136 Å². The minimum absolute atomic E-state index is 0.151. The van der Waals surface area contributed by atoms with Crippen molar-refractivity contribution in [3.63, 3.8) is 0 Å². The molecule has 0 unspecified atom stereocenters. The summed E-state index contributed by atoms with van der Waals surface area (Å²) in [6.45, 7) is 4.46. The molecule has 1 heterocycles. The second-order valence-corrected chi connectivity index (χ2v) is 6.26. The number of rotatable bonds is 3. The Hall–Kier alpha value is -2.24. The number of piperazine rings is 1. The third kappa shape index (κ3) is 3.41. The molecule has 1 aliphatic heterocycles. The molecule has 124 valence electrons. The summed E-state index contributed by atoms with van der Waals surface area (Å²) < 4.78 is 5.24. The number of carbonyl (C=O) groups is 2. The Bertz CT molecular complexity index is 597. The second kappa shape index (κ2) is 6.48. The van der Waals surface area contributed by atoms with Crippen LogP contribution in [-0.2, 0) is 4.79 Å². The molecule has 6 nitrogen and oxygen atoms in total. The van der Waals surface area contributed by atoms with Crippen LogP contribution in [0.25, 0.3) is 0 Å². The zero-order valence-corrected chi connectivity index (χ0v) is 13.6. The summed E-state index contributed by atoms with van der Waals surface area (Å²) >= 11 is 0. The van der Waals surface area contributed by atoms with Gasteiger partial charge < -0.3 is 19.9 Å². The van der Waals surface area contributed by atoms with Crippen molar-refractivity contribution in [2.75, 3.05) is 38.6 Å². The number of hydrogen-bond donors (Lipinski definition) is 1. The number of para-hydroxylation sites is 2. The van der Waals surface area contributed by atoms with Crippen molar-refractivity contribution in [1.82, 2.24) is 9.80 Å². The number of urea groups is 1. The fraction of sp³-hybridized carbons (Fsp3) is 0.529. The molecule has 1 aromatic rings. The Kier molecular flexibility index (Phi) is 4.41. The van der Waals surface area contributed by atoms with E-state index in [9.17, 15) is 9.59 Å². The van der Waals surface area contributed by atoms with Gasteiger partial charge in [-0.05, 0) is 24.5 Å². The Morgan fingerprint density at radius 3 is 2.35 bits per heavy atom.